The van der Waals surface area contributed by atoms with Crippen LogP contribution in [0.5, 0.6) is 5.75 Å². The SMILES string of the molecule is C[C@H](C(=O)NC1CCCC1)N(Cc1ccccc1)C(=O)COc1ccc(Cl)cc1Br. The van der Waals surface area contributed by atoms with Gasteiger partial charge in [-0.3, -0.25) is 9.59 Å². The van der Waals surface area contributed by atoms with Gasteiger partial charge in [-0.2, -0.15) is 0 Å². The topological polar surface area (TPSA) is 58.6 Å². The predicted molar refractivity (Wildman–Crippen MR) is 121 cm³/mol. The van der Waals surface area contributed by atoms with E-state index in [1.165, 1.54) is 0 Å². The van der Waals surface area contributed by atoms with Crippen LogP contribution in [0.4, 0.5) is 0 Å². The van der Waals surface area contributed by atoms with Gasteiger partial charge in [0.25, 0.3) is 5.91 Å². The van der Waals surface area contributed by atoms with Crippen molar-refractivity contribution >= 4 is 39.3 Å². The van der Waals surface area contributed by atoms with Gasteiger partial charge >= 0.3 is 0 Å². The van der Waals surface area contributed by atoms with Gasteiger partial charge in [0.2, 0.25) is 5.91 Å². The van der Waals surface area contributed by atoms with Crippen molar-refractivity contribution in [2.24, 2.45) is 0 Å². The van der Waals surface area contributed by atoms with Crippen molar-refractivity contribution in [2.75, 3.05) is 6.61 Å². The highest BCUT2D eigenvalue weighted by molar-refractivity contribution is 9.10. The van der Waals surface area contributed by atoms with Crippen LogP contribution in [0.2, 0.25) is 5.02 Å². The Bertz CT molecular complexity index is 872. The van der Waals surface area contributed by atoms with Crippen LogP contribution in [0, 0.1) is 0 Å². The van der Waals surface area contributed by atoms with Crippen molar-refractivity contribution in [3.05, 3.63) is 63.6 Å². The predicted octanol–water partition coefficient (Wildman–Crippen LogP) is 4.96. The Morgan fingerprint density at radius 1 is 1.20 bits per heavy atom. The number of rotatable bonds is 8. The summed E-state index contributed by atoms with van der Waals surface area (Å²) < 4.78 is 6.38. The van der Waals surface area contributed by atoms with Crippen molar-refractivity contribution in [2.45, 2.75) is 51.2 Å². The highest BCUT2D eigenvalue weighted by Gasteiger charge is 2.28. The van der Waals surface area contributed by atoms with E-state index in [-0.39, 0.29) is 24.5 Å². The molecule has 1 saturated carbocycles. The fourth-order valence-corrected chi connectivity index (χ4v) is 4.37. The maximum absolute atomic E-state index is 13.1. The molecule has 0 radical (unpaired) electrons. The Morgan fingerprint density at radius 2 is 1.90 bits per heavy atom. The van der Waals surface area contributed by atoms with Gasteiger partial charge in [-0.05, 0) is 59.5 Å². The van der Waals surface area contributed by atoms with Gasteiger partial charge in [0.1, 0.15) is 11.8 Å². The molecule has 0 spiro atoms. The molecule has 0 unspecified atom stereocenters. The van der Waals surface area contributed by atoms with Gasteiger partial charge in [-0.25, -0.2) is 0 Å². The third kappa shape index (κ3) is 6.22. The van der Waals surface area contributed by atoms with Crippen LogP contribution in [-0.2, 0) is 16.1 Å². The van der Waals surface area contributed by atoms with Crippen LogP contribution in [0.3, 0.4) is 0 Å². The van der Waals surface area contributed by atoms with Crippen molar-refractivity contribution in [1.82, 2.24) is 10.2 Å². The summed E-state index contributed by atoms with van der Waals surface area (Å²) in [5.41, 5.74) is 0.957. The van der Waals surface area contributed by atoms with Gasteiger partial charge in [-0.1, -0.05) is 54.8 Å². The summed E-state index contributed by atoms with van der Waals surface area (Å²) in [6, 6.07) is 14.4. The van der Waals surface area contributed by atoms with E-state index in [0.717, 1.165) is 31.2 Å². The van der Waals surface area contributed by atoms with Gasteiger partial charge in [-0.15, -0.1) is 0 Å². The highest BCUT2D eigenvalue weighted by Crippen LogP contribution is 2.28. The second kappa shape index (κ2) is 10.8. The van der Waals surface area contributed by atoms with E-state index in [0.29, 0.717) is 21.8 Å². The molecular weight excluding hydrogens is 468 g/mol. The summed E-state index contributed by atoms with van der Waals surface area (Å²) in [7, 11) is 0. The van der Waals surface area contributed by atoms with Gasteiger partial charge in [0, 0.05) is 17.6 Å². The molecular formula is C23H26BrClN2O3. The number of carbonyl (C=O) groups excluding carboxylic acids is 2. The van der Waals surface area contributed by atoms with Crippen LogP contribution in [0.25, 0.3) is 0 Å². The number of ether oxygens (including phenoxy) is 1. The molecule has 0 bridgehead atoms. The van der Waals surface area contributed by atoms with E-state index in [9.17, 15) is 9.59 Å². The smallest absolute Gasteiger partial charge is 0.261 e. The molecule has 1 aliphatic rings. The fraction of sp³-hybridized carbons (Fsp3) is 0.391. The largest absolute Gasteiger partial charge is 0.483 e. The molecule has 30 heavy (non-hydrogen) atoms. The molecule has 0 aliphatic heterocycles. The van der Waals surface area contributed by atoms with Gasteiger partial charge in [0.05, 0.1) is 4.47 Å². The average Bonchev–Trinajstić information content (AvgIpc) is 3.24. The lowest BCUT2D eigenvalue weighted by Gasteiger charge is -2.29. The normalized spacial score (nSPS) is 14.9. The number of halogens is 2. The number of hydrogen-bond acceptors (Lipinski definition) is 3. The minimum Gasteiger partial charge on any atom is -0.483 e. The number of hydrogen-bond donors (Lipinski definition) is 1. The first-order chi connectivity index (χ1) is 14.4. The minimum atomic E-state index is -0.601. The Hall–Kier alpha value is -2.05. The monoisotopic (exact) mass is 492 g/mol. The first-order valence-electron chi connectivity index (χ1n) is 10.2. The second-order valence-electron chi connectivity index (χ2n) is 7.54. The van der Waals surface area contributed by atoms with Gasteiger partial charge in [0.15, 0.2) is 6.61 Å². The lowest BCUT2D eigenvalue weighted by Crippen LogP contribution is -2.50. The Kier molecular flexibility index (Phi) is 8.16. The molecule has 2 aromatic carbocycles. The van der Waals surface area contributed by atoms with Crippen molar-refractivity contribution in [3.8, 4) is 5.75 Å². The molecule has 3 rings (SSSR count). The maximum atomic E-state index is 13.1. The molecule has 0 aromatic heterocycles. The lowest BCUT2D eigenvalue weighted by molar-refractivity contribution is -0.142. The van der Waals surface area contributed by atoms with E-state index in [1.807, 2.05) is 30.3 Å². The molecule has 2 aromatic rings. The molecule has 1 fully saturated rings. The second-order valence-corrected chi connectivity index (χ2v) is 8.83. The zero-order valence-corrected chi connectivity index (χ0v) is 19.3. The number of carbonyl (C=O) groups is 2. The molecule has 0 heterocycles. The standard InChI is InChI=1S/C23H26BrClN2O3/c1-16(23(29)26-19-9-5-6-10-19)27(14-17-7-3-2-4-8-17)22(28)15-30-21-12-11-18(25)13-20(21)24/h2-4,7-8,11-13,16,19H,5-6,9-10,14-15H2,1H3,(H,26,29)/t16-/m1/s1. The number of nitrogens with zero attached hydrogens (tertiary/aromatic N) is 1. The van der Waals surface area contributed by atoms with Crippen LogP contribution in [0.1, 0.15) is 38.2 Å². The fourth-order valence-electron chi connectivity index (χ4n) is 3.57. The van der Waals surface area contributed by atoms with Crippen LogP contribution < -0.4 is 10.1 Å². The zero-order chi connectivity index (χ0) is 21.5. The summed E-state index contributed by atoms with van der Waals surface area (Å²) in [5, 5.41) is 3.67. The average molecular weight is 494 g/mol. The van der Waals surface area contributed by atoms with Crippen molar-refractivity contribution < 1.29 is 14.3 Å². The third-order valence-corrected chi connectivity index (χ3v) is 6.16. The molecule has 1 N–H and O–H groups in total. The molecule has 1 atom stereocenters. The van der Waals surface area contributed by atoms with Crippen LogP contribution >= 0.6 is 27.5 Å². The number of nitrogens with one attached hydrogen (secondary N) is 1. The third-order valence-electron chi connectivity index (χ3n) is 5.31. The summed E-state index contributed by atoms with van der Waals surface area (Å²) in [6.07, 6.45) is 4.27. The molecule has 1 aliphatic carbocycles. The molecule has 160 valence electrons. The summed E-state index contributed by atoms with van der Waals surface area (Å²) in [4.78, 5) is 27.5. The summed E-state index contributed by atoms with van der Waals surface area (Å²) in [5.74, 6) is 0.143. The van der Waals surface area contributed by atoms with Crippen molar-refractivity contribution in [3.63, 3.8) is 0 Å². The Morgan fingerprint density at radius 3 is 2.57 bits per heavy atom. The van der Waals surface area contributed by atoms with E-state index in [2.05, 4.69) is 21.2 Å². The first-order valence-corrected chi connectivity index (χ1v) is 11.3. The lowest BCUT2D eigenvalue weighted by atomic mass is 10.1. The Balaban J connectivity index is 1.70. The Labute approximate surface area is 190 Å². The van der Waals surface area contributed by atoms with E-state index in [1.54, 1.807) is 30.0 Å². The first kappa shape index (κ1) is 22.6. The molecule has 2 amide bonds. The van der Waals surface area contributed by atoms with E-state index in [4.69, 9.17) is 16.3 Å². The molecule has 5 nitrogen and oxygen atoms in total. The molecule has 7 heteroatoms. The van der Waals surface area contributed by atoms with Crippen LogP contribution in [0.15, 0.2) is 53.0 Å². The zero-order valence-electron chi connectivity index (χ0n) is 16.9. The van der Waals surface area contributed by atoms with E-state index >= 15 is 0 Å². The quantitative estimate of drug-likeness (QED) is 0.566. The van der Waals surface area contributed by atoms with Gasteiger partial charge < -0.3 is 15.0 Å². The van der Waals surface area contributed by atoms with Crippen LogP contribution in [-0.4, -0.2) is 35.4 Å². The summed E-state index contributed by atoms with van der Waals surface area (Å²) in [6.45, 7) is 1.93. The minimum absolute atomic E-state index is 0.126. The highest BCUT2D eigenvalue weighted by atomic mass is 79.9. The number of benzene rings is 2. The number of amides is 2. The van der Waals surface area contributed by atoms with E-state index < -0.39 is 6.04 Å². The summed E-state index contributed by atoms with van der Waals surface area (Å²) >= 11 is 9.35. The molecule has 0 saturated heterocycles. The maximum Gasteiger partial charge on any atom is 0.261 e. The van der Waals surface area contributed by atoms with Crippen molar-refractivity contribution in [1.29, 1.82) is 0 Å².